The van der Waals surface area contributed by atoms with Crippen molar-refractivity contribution in [2.45, 2.75) is 13.3 Å². The molecule has 0 saturated heterocycles. The van der Waals surface area contributed by atoms with E-state index in [1.807, 2.05) is 4.72 Å². The molecule has 0 aliphatic carbocycles. The molecule has 27 heavy (non-hydrogen) atoms. The topological polar surface area (TPSA) is 105 Å². The van der Waals surface area contributed by atoms with Crippen LogP contribution < -0.4 is 4.72 Å². The van der Waals surface area contributed by atoms with Crippen molar-refractivity contribution in [1.82, 2.24) is 15.2 Å². The highest BCUT2D eigenvalue weighted by Gasteiger charge is 2.26. The number of anilines is 1. The molecule has 142 valence electrons. The Morgan fingerprint density at radius 3 is 2.78 bits per heavy atom. The first kappa shape index (κ1) is 19.4. The van der Waals surface area contributed by atoms with Crippen LogP contribution in [0.25, 0.3) is 11.0 Å². The smallest absolute Gasteiger partial charge is 0.232 e. The van der Waals surface area contributed by atoms with E-state index in [0.29, 0.717) is 10.9 Å². The van der Waals surface area contributed by atoms with Gasteiger partial charge in [-0.05, 0) is 40.5 Å². The molecule has 0 bridgehead atoms. The molecule has 0 radical (unpaired) electrons. The van der Waals surface area contributed by atoms with Crippen molar-refractivity contribution in [1.29, 1.82) is 0 Å². The molecule has 0 aliphatic rings. The molecular weight excluding hydrogens is 446 g/mol. The van der Waals surface area contributed by atoms with Crippen LogP contribution in [0.1, 0.15) is 29.4 Å². The Kier molecular flexibility index (Phi) is 5.24. The molecule has 11 heteroatoms. The van der Waals surface area contributed by atoms with E-state index in [1.54, 1.807) is 6.92 Å². The number of hydrogen-bond acceptors (Lipinski definition) is 5. The number of nitrogens with zero attached hydrogens (tertiary/aromatic N) is 2. The van der Waals surface area contributed by atoms with Gasteiger partial charge in [-0.3, -0.25) is 14.6 Å². The number of nitrogens with one attached hydrogen (secondary N) is 2. The number of halogens is 3. The van der Waals surface area contributed by atoms with Crippen molar-refractivity contribution >= 4 is 48.5 Å². The minimum absolute atomic E-state index is 0.231. The molecule has 0 unspecified atom stereocenters. The summed E-state index contributed by atoms with van der Waals surface area (Å²) in [5.74, 6) is -3.71. The fraction of sp³-hybridized carbons (Fsp3) is 0.188. The summed E-state index contributed by atoms with van der Waals surface area (Å²) in [5.41, 5.74) is -1.38. The largest absolute Gasteiger partial charge is 0.287 e. The summed E-state index contributed by atoms with van der Waals surface area (Å²) in [6.45, 7) is 1.64. The van der Waals surface area contributed by atoms with Crippen molar-refractivity contribution in [2.75, 3.05) is 10.5 Å². The number of carbonyl (C=O) groups excluding carboxylic acids is 1. The zero-order chi connectivity index (χ0) is 19.8. The lowest BCUT2D eigenvalue weighted by molar-refractivity contribution is 0.102. The summed E-state index contributed by atoms with van der Waals surface area (Å²) < 4.78 is 55.3. The van der Waals surface area contributed by atoms with Gasteiger partial charge in [0.1, 0.15) is 11.5 Å². The molecule has 2 N–H and O–H groups in total. The van der Waals surface area contributed by atoms with Gasteiger partial charge in [-0.25, -0.2) is 22.2 Å². The van der Waals surface area contributed by atoms with Gasteiger partial charge in [0, 0.05) is 10.7 Å². The summed E-state index contributed by atoms with van der Waals surface area (Å²) in [6, 6.07) is 3.28. The van der Waals surface area contributed by atoms with Gasteiger partial charge in [-0.15, -0.1) is 0 Å². The molecule has 2 heterocycles. The van der Waals surface area contributed by atoms with Crippen LogP contribution in [0.5, 0.6) is 0 Å². The van der Waals surface area contributed by atoms with Crippen molar-refractivity contribution in [3.05, 3.63) is 51.8 Å². The number of rotatable bonds is 6. The lowest BCUT2D eigenvalue weighted by Gasteiger charge is -2.11. The van der Waals surface area contributed by atoms with E-state index >= 15 is 0 Å². The summed E-state index contributed by atoms with van der Waals surface area (Å²) in [5, 5.41) is 6.58. The van der Waals surface area contributed by atoms with Gasteiger partial charge in [0.05, 0.1) is 22.4 Å². The first-order valence-corrected chi connectivity index (χ1v) is 10.2. The summed E-state index contributed by atoms with van der Waals surface area (Å²) in [4.78, 5) is 16.7. The van der Waals surface area contributed by atoms with Gasteiger partial charge in [-0.1, -0.05) is 6.92 Å². The third-order valence-corrected chi connectivity index (χ3v) is 5.56. The molecule has 3 aromatic rings. The molecule has 7 nitrogen and oxygen atoms in total. The maximum absolute atomic E-state index is 14.8. The molecule has 3 rings (SSSR count). The van der Waals surface area contributed by atoms with E-state index in [-0.39, 0.29) is 22.5 Å². The molecular formula is C16H13BrF2N4O3S. The molecule has 0 spiro atoms. The third-order valence-electron chi connectivity index (χ3n) is 3.65. The zero-order valence-corrected chi connectivity index (χ0v) is 16.3. The molecule has 2 aromatic heterocycles. The first-order chi connectivity index (χ1) is 12.7. The van der Waals surface area contributed by atoms with Crippen molar-refractivity contribution in [3.8, 4) is 0 Å². The van der Waals surface area contributed by atoms with Crippen molar-refractivity contribution in [2.24, 2.45) is 0 Å². The Hall–Kier alpha value is -2.40. The molecule has 0 aliphatic heterocycles. The van der Waals surface area contributed by atoms with Gasteiger partial charge >= 0.3 is 0 Å². The average Bonchev–Trinajstić information content (AvgIpc) is 3.00. The predicted octanol–water partition coefficient (Wildman–Crippen LogP) is 3.38. The number of ketones is 1. The number of H-pyrrole nitrogens is 1. The maximum Gasteiger partial charge on any atom is 0.232 e. The van der Waals surface area contributed by atoms with Crippen LogP contribution in [-0.2, 0) is 10.0 Å². The summed E-state index contributed by atoms with van der Waals surface area (Å²) in [7, 11) is -3.82. The van der Waals surface area contributed by atoms with Gasteiger partial charge in [-0.2, -0.15) is 5.10 Å². The van der Waals surface area contributed by atoms with E-state index in [9.17, 15) is 22.0 Å². The minimum Gasteiger partial charge on any atom is -0.287 e. The minimum atomic E-state index is -3.82. The van der Waals surface area contributed by atoms with Crippen LogP contribution in [0.15, 0.2) is 28.9 Å². The molecule has 1 aromatic carbocycles. The number of aromatic amines is 1. The first-order valence-electron chi connectivity index (χ1n) is 7.76. The lowest BCUT2D eigenvalue weighted by Crippen LogP contribution is -2.18. The predicted molar refractivity (Wildman–Crippen MR) is 99.1 cm³/mol. The van der Waals surface area contributed by atoms with Crippen molar-refractivity contribution in [3.63, 3.8) is 0 Å². The summed E-state index contributed by atoms with van der Waals surface area (Å²) in [6.07, 6.45) is 1.78. The van der Waals surface area contributed by atoms with Crippen molar-refractivity contribution < 1.29 is 22.0 Å². The van der Waals surface area contributed by atoms with Crippen LogP contribution in [0.3, 0.4) is 0 Å². The third kappa shape index (κ3) is 3.83. The van der Waals surface area contributed by atoms with Crippen LogP contribution in [-0.4, -0.2) is 35.1 Å². The fourth-order valence-electron chi connectivity index (χ4n) is 2.50. The zero-order valence-electron chi connectivity index (χ0n) is 13.9. The molecule has 0 atom stereocenters. The fourth-order valence-corrected chi connectivity index (χ4v) is 3.96. The van der Waals surface area contributed by atoms with E-state index < -0.39 is 38.7 Å². The van der Waals surface area contributed by atoms with E-state index in [4.69, 9.17) is 0 Å². The van der Waals surface area contributed by atoms with Crippen LogP contribution >= 0.6 is 15.9 Å². The van der Waals surface area contributed by atoms with E-state index in [1.165, 1.54) is 12.3 Å². The number of benzene rings is 1. The van der Waals surface area contributed by atoms with Crippen LogP contribution in [0.2, 0.25) is 0 Å². The summed E-state index contributed by atoms with van der Waals surface area (Å²) >= 11 is 3.20. The number of aromatic nitrogens is 3. The van der Waals surface area contributed by atoms with Crippen LogP contribution in [0, 0.1) is 11.6 Å². The second kappa shape index (κ2) is 7.31. The lowest BCUT2D eigenvalue weighted by atomic mass is 10.0. The molecule has 0 fully saturated rings. The number of pyridine rings is 1. The second-order valence-electron chi connectivity index (χ2n) is 5.66. The van der Waals surface area contributed by atoms with E-state index in [2.05, 4.69) is 31.1 Å². The quantitative estimate of drug-likeness (QED) is 0.550. The Labute approximate surface area is 161 Å². The van der Waals surface area contributed by atoms with Gasteiger partial charge < -0.3 is 0 Å². The Morgan fingerprint density at radius 2 is 2.07 bits per heavy atom. The highest BCUT2D eigenvalue weighted by Crippen LogP contribution is 2.27. The SMILES string of the molecule is CCCS(=O)(=O)Nc1ccc(F)c(C(=O)c2n[nH]c3ncc(Br)cc23)c1F. The van der Waals surface area contributed by atoms with E-state index in [0.717, 1.165) is 12.1 Å². The monoisotopic (exact) mass is 458 g/mol. The number of carbonyl (C=O) groups is 1. The maximum atomic E-state index is 14.8. The Bertz CT molecular complexity index is 1150. The van der Waals surface area contributed by atoms with Crippen LogP contribution in [0.4, 0.5) is 14.5 Å². The number of fused-ring (bicyclic) bond motifs is 1. The van der Waals surface area contributed by atoms with Gasteiger partial charge in [0.25, 0.3) is 0 Å². The normalized spacial score (nSPS) is 11.7. The highest BCUT2D eigenvalue weighted by molar-refractivity contribution is 9.10. The number of hydrogen-bond donors (Lipinski definition) is 2. The van der Waals surface area contributed by atoms with Gasteiger partial charge in [0.2, 0.25) is 15.8 Å². The molecule has 0 amide bonds. The highest BCUT2D eigenvalue weighted by atomic mass is 79.9. The average molecular weight is 459 g/mol. The second-order valence-corrected chi connectivity index (χ2v) is 8.41. The Balaban J connectivity index is 2.09. The molecule has 0 saturated carbocycles. The number of sulfonamides is 1. The Morgan fingerprint density at radius 1 is 1.33 bits per heavy atom. The van der Waals surface area contributed by atoms with Gasteiger partial charge in [0.15, 0.2) is 11.5 Å². The standard InChI is InChI=1S/C16H13BrF2N4O3S/c1-2-5-27(25,26)23-11-4-3-10(18)12(13(11)19)15(24)14-9-6-8(17)7-20-16(9)22-21-14/h3-4,6-7,23H,2,5H2,1H3,(H,20,21,22).